The van der Waals surface area contributed by atoms with Gasteiger partial charge in [-0.3, -0.25) is 4.98 Å². The molecule has 1 atom stereocenters. The minimum atomic E-state index is -0.526. The fourth-order valence-corrected chi connectivity index (χ4v) is 3.43. The van der Waals surface area contributed by atoms with Gasteiger partial charge in [0.05, 0.1) is 16.6 Å². The number of fused-ring (bicyclic) bond motifs is 1. The lowest BCUT2D eigenvalue weighted by molar-refractivity contribution is 0.471. The number of nitrogens with one attached hydrogen (secondary N) is 1. The first-order valence-corrected chi connectivity index (χ1v) is 8.99. The monoisotopic (exact) mass is 386 g/mol. The predicted molar refractivity (Wildman–Crippen MR) is 109 cm³/mol. The molecule has 0 aliphatic carbocycles. The molecule has 0 bridgehead atoms. The van der Waals surface area contributed by atoms with E-state index in [4.69, 9.17) is 11.6 Å². The minimum absolute atomic E-state index is 0.0601. The van der Waals surface area contributed by atoms with Crippen LogP contribution in [-0.4, -0.2) is 15.1 Å². The highest BCUT2D eigenvalue weighted by Crippen LogP contribution is 2.39. The Morgan fingerprint density at radius 1 is 0.929 bits per heavy atom. The molecular weight excluding hydrogens is 372 g/mol. The lowest BCUT2D eigenvalue weighted by atomic mass is 9.95. The predicted octanol–water partition coefficient (Wildman–Crippen LogP) is 5.06. The van der Waals surface area contributed by atoms with Crippen molar-refractivity contribution in [2.45, 2.75) is 6.04 Å². The summed E-state index contributed by atoms with van der Waals surface area (Å²) in [4.78, 5) is 8.62. The molecule has 0 aliphatic heterocycles. The van der Waals surface area contributed by atoms with E-state index in [1.54, 1.807) is 24.5 Å². The van der Waals surface area contributed by atoms with Crippen molar-refractivity contribution in [3.8, 4) is 11.8 Å². The Hall–Kier alpha value is -3.62. The largest absolute Gasteiger partial charge is 0.505 e. The molecule has 0 radical (unpaired) electrons. The summed E-state index contributed by atoms with van der Waals surface area (Å²) in [5.74, 6) is 0.677. The lowest BCUT2D eigenvalue weighted by Gasteiger charge is -2.23. The minimum Gasteiger partial charge on any atom is -0.505 e. The summed E-state index contributed by atoms with van der Waals surface area (Å²) in [6.45, 7) is 0. The third kappa shape index (κ3) is 3.22. The molecule has 0 spiro atoms. The van der Waals surface area contributed by atoms with E-state index in [2.05, 4.69) is 21.4 Å². The van der Waals surface area contributed by atoms with Crippen LogP contribution in [0.5, 0.6) is 5.75 Å². The highest BCUT2D eigenvalue weighted by molar-refractivity contribution is 6.32. The summed E-state index contributed by atoms with van der Waals surface area (Å²) in [6.07, 6.45) is 3.31. The smallest absolute Gasteiger partial charge is 0.147 e. The molecule has 0 saturated carbocycles. The number of phenols is 1. The standard InChI is InChI=1S/C22H15ClN4O/c23-19-15(13-24)5-3-7-16(19)21(27-18-8-1-2-11-25-18)17-10-9-14-6-4-12-26-20(14)22(17)28/h1-12,21,28H,(H,25,27). The second-order valence-corrected chi connectivity index (χ2v) is 6.57. The van der Waals surface area contributed by atoms with E-state index in [0.717, 1.165) is 5.39 Å². The molecule has 136 valence electrons. The number of aromatic hydroxyl groups is 1. The third-order valence-corrected chi connectivity index (χ3v) is 4.93. The van der Waals surface area contributed by atoms with Crippen molar-refractivity contribution in [2.75, 3.05) is 5.32 Å². The van der Waals surface area contributed by atoms with Crippen LogP contribution in [0.15, 0.2) is 73.1 Å². The number of nitrogens with zero attached hydrogens (tertiary/aromatic N) is 3. The molecular formula is C22H15ClN4O. The number of phenolic OH excluding ortho intramolecular Hbond substituents is 1. The molecule has 2 heterocycles. The van der Waals surface area contributed by atoms with E-state index in [1.807, 2.05) is 48.5 Å². The molecule has 2 aromatic carbocycles. The highest BCUT2D eigenvalue weighted by Gasteiger charge is 2.23. The molecule has 2 N–H and O–H groups in total. The third-order valence-electron chi connectivity index (χ3n) is 4.51. The molecule has 0 saturated heterocycles. The molecule has 0 fully saturated rings. The van der Waals surface area contributed by atoms with Crippen molar-refractivity contribution >= 4 is 28.3 Å². The summed E-state index contributed by atoms with van der Waals surface area (Å²) < 4.78 is 0. The summed E-state index contributed by atoms with van der Waals surface area (Å²) in [5.41, 5.74) is 2.12. The van der Waals surface area contributed by atoms with Gasteiger partial charge in [0.25, 0.3) is 0 Å². The van der Waals surface area contributed by atoms with Crippen LogP contribution in [0.3, 0.4) is 0 Å². The van der Waals surface area contributed by atoms with Crippen LogP contribution < -0.4 is 5.32 Å². The normalized spacial score (nSPS) is 11.7. The van der Waals surface area contributed by atoms with E-state index in [0.29, 0.717) is 33.0 Å². The number of halogens is 1. The number of hydrogen-bond acceptors (Lipinski definition) is 5. The average molecular weight is 387 g/mol. The van der Waals surface area contributed by atoms with Crippen molar-refractivity contribution in [1.82, 2.24) is 9.97 Å². The van der Waals surface area contributed by atoms with E-state index in [9.17, 15) is 10.4 Å². The quantitative estimate of drug-likeness (QED) is 0.512. The number of rotatable bonds is 4. The Balaban J connectivity index is 1.92. The SMILES string of the molecule is N#Cc1cccc(C(Nc2ccccn2)c2ccc3cccnc3c2O)c1Cl. The van der Waals surface area contributed by atoms with E-state index >= 15 is 0 Å². The molecule has 5 nitrogen and oxygen atoms in total. The van der Waals surface area contributed by atoms with Gasteiger partial charge in [-0.15, -0.1) is 0 Å². The van der Waals surface area contributed by atoms with Gasteiger partial charge in [-0.05, 0) is 29.8 Å². The summed E-state index contributed by atoms with van der Waals surface area (Å²) in [7, 11) is 0. The number of aromatic nitrogens is 2. The van der Waals surface area contributed by atoms with Crippen LogP contribution in [-0.2, 0) is 0 Å². The number of hydrogen-bond donors (Lipinski definition) is 2. The van der Waals surface area contributed by atoms with Crippen molar-refractivity contribution in [3.05, 3.63) is 94.8 Å². The van der Waals surface area contributed by atoms with Gasteiger partial charge in [0.15, 0.2) is 0 Å². The van der Waals surface area contributed by atoms with Gasteiger partial charge in [-0.25, -0.2) is 4.98 Å². The Kier molecular flexibility index (Phi) is 4.79. The number of nitriles is 1. The average Bonchev–Trinajstić information content (AvgIpc) is 2.74. The van der Waals surface area contributed by atoms with Gasteiger partial charge in [0.1, 0.15) is 23.2 Å². The molecule has 0 amide bonds. The van der Waals surface area contributed by atoms with Crippen LogP contribution in [0.2, 0.25) is 5.02 Å². The number of benzene rings is 2. The van der Waals surface area contributed by atoms with Crippen molar-refractivity contribution < 1.29 is 5.11 Å². The van der Waals surface area contributed by atoms with Gasteiger partial charge >= 0.3 is 0 Å². The van der Waals surface area contributed by atoms with Crippen LogP contribution in [0.25, 0.3) is 10.9 Å². The maximum absolute atomic E-state index is 10.9. The first kappa shape index (κ1) is 17.8. The second-order valence-electron chi connectivity index (χ2n) is 6.19. The Morgan fingerprint density at radius 3 is 2.57 bits per heavy atom. The van der Waals surface area contributed by atoms with Crippen LogP contribution >= 0.6 is 11.6 Å². The van der Waals surface area contributed by atoms with Crippen LogP contribution in [0, 0.1) is 11.3 Å². The fourth-order valence-electron chi connectivity index (χ4n) is 3.16. The zero-order chi connectivity index (χ0) is 19.5. The molecule has 4 aromatic rings. The van der Waals surface area contributed by atoms with E-state index in [-0.39, 0.29) is 5.75 Å². The van der Waals surface area contributed by atoms with Crippen LogP contribution in [0.4, 0.5) is 5.82 Å². The van der Waals surface area contributed by atoms with Gasteiger partial charge in [0, 0.05) is 23.3 Å². The van der Waals surface area contributed by atoms with E-state index in [1.165, 1.54) is 0 Å². The Bertz CT molecular complexity index is 1190. The highest BCUT2D eigenvalue weighted by atomic mass is 35.5. The zero-order valence-electron chi connectivity index (χ0n) is 14.7. The molecule has 4 rings (SSSR count). The Morgan fingerprint density at radius 2 is 1.79 bits per heavy atom. The topological polar surface area (TPSA) is 81.8 Å². The van der Waals surface area contributed by atoms with Crippen molar-refractivity contribution in [2.24, 2.45) is 0 Å². The lowest BCUT2D eigenvalue weighted by Crippen LogP contribution is -2.14. The number of pyridine rings is 2. The molecule has 0 aliphatic rings. The molecule has 2 aromatic heterocycles. The van der Waals surface area contributed by atoms with Crippen molar-refractivity contribution in [1.29, 1.82) is 5.26 Å². The second kappa shape index (κ2) is 7.55. The first-order valence-electron chi connectivity index (χ1n) is 8.61. The van der Waals surface area contributed by atoms with Gasteiger partial charge in [-0.2, -0.15) is 5.26 Å². The summed E-state index contributed by atoms with van der Waals surface area (Å²) >= 11 is 6.51. The van der Waals surface area contributed by atoms with Gasteiger partial charge < -0.3 is 10.4 Å². The van der Waals surface area contributed by atoms with Crippen molar-refractivity contribution in [3.63, 3.8) is 0 Å². The molecule has 28 heavy (non-hydrogen) atoms. The van der Waals surface area contributed by atoms with Gasteiger partial charge in [0.2, 0.25) is 0 Å². The summed E-state index contributed by atoms with van der Waals surface area (Å²) in [5, 5.41) is 24.8. The molecule has 6 heteroatoms. The number of anilines is 1. The zero-order valence-corrected chi connectivity index (χ0v) is 15.4. The Labute approximate surface area is 166 Å². The maximum atomic E-state index is 10.9. The summed E-state index contributed by atoms with van der Waals surface area (Å²) in [6, 6.07) is 19.8. The fraction of sp³-hybridized carbons (Fsp3) is 0.0455. The maximum Gasteiger partial charge on any atom is 0.147 e. The van der Waals surface area contributed by atoms with Crippen LogP contribution in [0.1, 0.15) is 22.7 Å². The molecule has 1 unspecified atom stereocenters. The van der Waals surface area contributed by atoms with E-state index < -0.39 is 6.04 Å². The first-order chi connectivity index (χ1) is 13.7. The van der Waals surface area contributed by atoms with Gasteiger partial charge in [-0.1, -0.05) is 48.0 Å².